The maximum absolute atomic E-state index is 11.7. The van der Waals surface area contributed by atoms with Crippen molar-refractivity contribution >= 4 is 21.6 Å². The molecule has 1 aromatic carbocycles. The second-order valence-corrected chi connectivity index (χ2v) is 6.59. The van der Waals surface area contributed by atoms with Gasteiger partial charge in [-0.25, -0.2) is 13.1 Å². The molecule has 1 heterocycles. The second-order valence-electron chi connectivity index (χ2n) is 4.66. The van der Waals surface area contributed by atoms with Crippen molar-refractivity contribution in [3.8, 4) is 5.75 Å². The maximum Gasteiger partial charge on any atom is 0.262 e. The lowest BCUT2D eigenvalue weighted by Crippen LogP contribution is -2.27. The molecule has 0 spiro atoms. The minimum Gasteiger partial charge on any atom is -0.482 e. The van der Waals surface area contributed by atoms with Crippen molar-refractivity contribution < 1.29 is 17.9 Å². The quantitative estimate of drug-likeness (QED) is 0.827. The summed E-state index contributed by atoms with van der Waals surface area (Å²) in [5.41, 5.74) is 1.40. The maximum atomic E-state index is 11.7. The Hall–Kier alpha value is -1.60. The minimum absolute atomic E-state index is 0.0152. The predicted octanol–water partition coefficient (Wildman–Crippen LogP) is 1.24. The van der Waals surface area contributed by atoms with Gasteiger partial charge in [-0.3, -0.25) is 4.79 Å². The molecule has 20 heavy (non-hydrogen) atoms. The van der Waals surface area contributed by atoms with Crippen LogP contribution >= 0.6 is 0 Å². The van der Waals surface area contributed by atoms with Gasteiger partial charge >= 0.3 is 0 Å². The largest absolute Gasteiger partial charge is 0.482 e. The van der Waals surface area contributed by atoms with E-state index < -0.39 is 10.0 Å². The van der Waals surface area contributed by atoms with Crippen molar-refractivity contribution in [1.82, 2.24) is 4.72 Å². The molecule has 0 fully saturated rings. The number of carbonyl (C=O) groups is 1. The molecule has 2 N–H and O–H groups in total. The summed E-state index contributed by atoms with van der Waals surface area (Å²) in [7, 11) is -3.23. The number of amides is 1. The van der Waals surface area contributed by atoms with Crippen LogP contribution in [0.5, 0.6) is 5.75 Å². The molecule has 1 amide bonds. The van der Waals surface area contributed by atoms with Gasteiger partial charge in [0.25, 0.3) is 5.91 Å². The summed E-state index contributed by atoms with van der Waals surface area (Å²) < 4.78 is 31.2. The van der Waals surface area contributed by atoms with Crippen LogP contribution in [-0.2, 0) is 21.4 Å². The molecule has 1 aromatic rings. The SMILES string of the molecule is CCCCS(=O)(=O)NCc1ccc2c(c1)OCC(=O)N2. The van der Waals surface area contributed by atoms with Crippen LogP contribution < -0.4 is 14.8 Å². The number of ether oxygens (including phenoxy) is 1. The topological polar surface area (TPSA) is 84.5 Å². The molecule has 1 aliphatic heterocycles. The van der Waals surface area contributed by atoms with Crippen molar-refractivity contribution in [2.45, 2.75) is 26.3 Å². The highest BCUT2D eigenvalue weighted by Crippen LogP contribution is 2.28. The lowest BCUT2D eigenvalue weighted by Gasteiger charge is -2.18. The van der Waals surface area contributed by atoms with E-state index in [9.17, 15) is 13.2 Å². The molecule has 6 nitrogen and oxygen atoms in total. The van der Waals surface area contributed by atoms with E-state index in [0.29, 0.717) is 17.9 Å². The first-order chi connectivity index (χ1) is 9.50. The zero-order chi connectivity index (χ0) is 14.6. The normalized spacial score (nSPS) is 14.3. The van der Waals surface area contributed by atoms with E-state index in [-0.39, 0.29) is 24.8 Å². The van der Waals surface area contributed by atoms with Gasteiger partial charge in [-0.05, 0) is 24.1 Å². The van der Waals surface area contributed by atoms with Crippen molar-refractivity contribution in [2.24, 2.45) is 0 Å². The van der Waals surface area contributed by atoms with Crippen LogP contribution in [0.3, 0.4) is 0 Å². The molecule has 0 saturated heterocycles. The number of nitrogens with one attached hydrogen (secondary N) is 2. The van der Waals surface area contributed by atoms with Crippen LogP contribution in [0.25, 0.3) is 0 Å². The summed E-state index contributed by atoms with van der Waals surface area (Å²) in [6, 6.07) is 5.20. The summed E-state index contributed by atoms with van der Waals surface area (Å²) in [5, 5.41) is 2.68. The van der Waals surface area contributed by atoms with Gasteiger partial charge < -0.3 is 10.1 Å². The van der Waals surface area contributed by atoms with Crippen LogP contribution in [0.2, 0.25) is 0 Å². The molecule has 110 valence electrons. The first-order valence-electron chi connectivity index (χ1n) is 6.53. The average molecular weight is 298 g/mol. The highest BCUT2D eigenvalue weighted by Gasteiger charge is 2.16. The third kappa shape index (κ3) is 3.94. The predicted molar refractivity (Wildman–Crippen MR) is 76.1 cm³/mol. The van der Waals surface area contributed by atoms with Crippen LogP contribution in [0.1, 0.15) is 25.3 Å². The molecular weight excluding hydrogens is 280 g/mol. The standard InChI is InChI=1S/C13H18N2O4S/c1-2-3-6-20(17,18)14-8-10-4-5-11-12(7-10)19-9-13(16)15-11/h4-5,7,14H,2-3,6,8-9H2,1H3,(H,15,16). The van der Waals surface area contributed by atoms with Crippen LogP contribution in [0.4, 0.5) is 5.69 Å². The van der Waals surface area contributed by atoms with Crippen molar-refractivity contribution in [2.75, 3.05) is 17.7 Å². The van der Waals surface area contributed by atoms with Gasteiger partial charge in [0, 0.05) is 6.54 Å². The van der Waals surface area contributed by atoms with Crippen molar-refractivity contribution in [1.29, 1.82) is 0 Å². The Morgan fingerprint density at radius 3 is 2.95 bits per heavy atom. The Bertz CT molecular complexity index is 598. The number of unbranched alkanes of at least 4 members (excludes halogenated alkanes) is 1. The number of hydrogen-bond acceptors (Lipinski definition) is 4. The fraction of sp³-hybridized carbons (Fsp3) is 0.462. The van der Waals surface area contributed by atoms with Gasteiger partial charge in [-0.1, -0.05) is 19.4 Å². The fourth-order valence-corrected chi connectivity index (χ4v) is 3.03. The van der Waals surface area contributed by atoms with Crippen LogP contribution in [0, 0.1) is 0 Å². The fourth-order valence-electron chi connectivity index (χ4n) is 1.83. The number of carbonyl (C=O) groups excluding carboxylic acids is 1. The first-order valence-corrected chi connectivity index (χ1v) is 8.18. The Balaban J connectivity index is 1.99. The molecule has 0 bridgehead atoms. The third-order valence-electron chi connectivity index (χ3n) is 2.94. The number of hydrogen-bond donors (Lipinski definition) is 2. The Labute approximate surface area is 118 Å². The molecule has 0 aromatic heterocycles. The molecule has 7 heteroatoms. The summed E-state index contributed by atoms with van der Waals surface area (Å²) in [6.07, 6.45) is 1.49. The van der Waals surface area contributed by atoms with Gasteiger partial charge in [0.1, 0.15) is 5.75 Å². The van der Waals surface area contributed by atoms with Gasteiger partial charge in [0.2, 0.25) is 10.0 Å². The first kappa shape index (κ1) is 14.8. The number of sulfonamides is 1. The molecule has 0 saturated carbocycles. The zero-order valence-corrected chi connectivity index (χ0v) is 12.1. The Morgan fingerprint density at radius 2 is 2.20 bits per heavy atom. The molecule has 0 radical (unpaired) electrons. The summed E-state index contributed by atoms with van der Waals surface area (Å²) in [5.74, 6) is 0.515. The molecule has 0 unspecified atom stereocenters. The highest BCUT2D eigenvalue weighted by molar-refractivity contribution is 7.89. The molecule has 0 atom stereocenters. The van der Waals surface area contributed by atoms with E-state index in [1.54, 1.807) is 18.2 Å². The van der Waals surface area contributed by atoms with Gasteiger partial charge in [0.15, 0.2) is 6.61 Å². The van der Waals surface area contributed by atoms with Gasteiger partial charge in [0.05, 0.1) is 11.4 Å². The van der Waals surface area contributed by atoms with E-state index in [1.807, 2.05) is 6.92 Å². The van der Waals surface area contributed by atoms with Crippen molar-refractivity contribution in [3.05, 3.63) is 23.8 Å². The average Bonchev–Trinajstić information content (AvgIpc) is 2.43. The molecule has 2 rings (SSSR count). The monoisotopic (exact) mass is 298 g/mol. The lowest BCUT2D eigenvalue weighted by atomic mass is 10.2. The Kier molecular flexibility index (Phi) is 4.61. The summed E-state index contributed by atoms with van der Waals surface area (Å²) >= 11 is 0. The Morgan fingerprint density at radius 1 is 1.40 bits per heavy atom. The molecule has 1 aliphatic rings. The smallest absolute Gasteiger partial charge is 0.262 e. The van der Waals surface area contributed by atoms with Crippen molar-refractivity contribution in [3.63, 3.8) is 0 Å². The van der Waals surface area contributed by atoms with E-state index in [1.165, 1.54) is 0 Å². The van der Waals surface area contributed by atoms with Crippen LogP contribution in [0.15, 0.2) is 18.2 Å². The third-order valence-corrected chi connectivity index (χ3v) is 4.35. The summed E-state index contributed by atoms with van der Waals surface area (Å²) in [6.45, 7) is 2.15. The summed E-state index contributed by atoms with van der Waals surface area (Å²) in [4.78, 5) is 11.1. The second kappa shape index (κ2) is 6.23. The number of fused-ring (bicyclic) bond motifs is 1. The van der Waals surface area contributed by atoms with E-state index in [4.69, 9.17) is 4.74 Å². The van der Waals surface area contributed by atoms with Gasteiger partial charge in [-0.2, -0.15) is 0 Å². The highest BCUT2D eigenvalue weighted by atomic mass is 32.2. The molecular formula is C13H18N2O4S. The molecule has 0 aliphatic carbocycles. The number of benzene rings is 1. The number of anilines is 1. The lowest BCUT2D eigenvalue weighted by molar-refractivity contribution is -0.118. The minimum atomic E-state index is -3.23. The van der Waals surface area contributed by atoms with Gasteiger partial charge in [-0.15, -0.1) is 0 Å². The van der Waals surface area contributed by atoms with Crippen LogP contribution in [-0.4, -0.2) is 26.7 Å². The number of rotatable bonds is 6. The zero-order valence-electron chi connectivity index (χ0n) is 11.3. The van der Waals surface area contributed by atoms with E-state index in [2.05, 4.69) is 10.0 Å². The van der Waals surface area contributed by atoms with E-state index in [0.717, 1.165) is 12.0 Å². The van der Waals surface area contributed by atoms with E-state index >= 15 is 0 Å².